The number of sulfone groups is 1. The van der Waals surface area contributed by atoms with Crippen LogP contribution in [0.1, 0.15) is 52.8 Å². The van der Waals surface area contributed by atoms with Gasteiger partial charge in [-0.05, 0) is 39.2 Å². The van der Waals surface area contributed by atoms with Crippen LogP contribution in [0.5, 0.6) is 0 Å². The Hall–Kier alpha value is -2.35. The van der Waals surface area contributed by atoms with Crippen molar-refractivity contribution in [3.8, 4) is 0 Å². The zero-order valence-electron chi connectivity index (χ0n) is 18.8. The van der Waals surface area contributed by atoms with Gasteiger partial charge in [0, 0.05) is 18.6 Å². The number of aromatic nitrogens is 2. The number of rotatable bonds is 9. The van der Waals surface area contributed by atoms with Crippen LogP contribution in [0, 0.1) is 5.92 Å². The normalized spacial score (nSPS) is 12.0. The molecular weight excluding hydrogens is 400 g/mol. The van der Waals surface area contributed by atoms with Gasteiger partial charge in [-0.25, -0.2) is 18.2 Å². The predicted molar refractivity (Wildman–Crippen MR) is 119 cm³/mol. The van der Waals surface area contributed by atoms with Crippen molar-refractivity contribution in [1.82, 2.24) is 19.8 Å². The van der Waals surface area contributed by atoms with E-state index in [9.17, 15) is 13.2 Å². The van der Waals surface area contributed by atoms with Gasteiger partial charge < -0.3 is 14.8 Å². The van der Waals surface area contributed by atoms with Gasteiger partial charge in [0.15, 0.2) is 0 Å². The highest BCUT2D eigenvalue weighted by atomic mass is 32.2. The van der Waals surface area contributed by atoms with Crippen LogP contribution in [-0.2, 0) is 28.7 Å². The molecule has 2 aromatic rings. The lowest BCUT2D eigenvalue weighted by Crippen LogP contribution is -2.46. The lowest BCUT2D eigenvalue weighted by atomic mass is 10.2. The average Bonchev–Trinajstić information content (AvgIpc) is 3.01. The molecule has 1 heterocycles. The van der Waals surface area contributed by atoms with Crippen LogP contribution >= 0.6 is 0 Å². The van der Waals surface area contributed by atoms with E-state index >= 15 is 0 Å². The first kappa shape index (κ1) is 23.9. The highest BCUT2D eigenvalue weighted by Crippen LogP contribution is 2.21. The molecule has 0 bridgehead atoms. The van der Waals surface area contributed by atoms with Crippen molar-refractivity contribution < 1.29 is 13.2 Å². The molecular formula is C22H34N4O3S. The summed E-state index contributed by atoms with van der Waals surface area (Å²) < 4.78 is 28.0. The van der Waals surface area contributed by atoms with Crippen LogP contribution in [0.25, 0.3) is 0 Å². The molecule has 0 radical (unpaired) electrons. The second kappa shape index (κ2) is 10.1. The van der Waals surface area contributed by atoms with Gasteiger partial charge in [0.2, 0.25) is 15.0 Å². The summed E-state index contributed by atoms with van der Waals surface area (Å²) in [5.41, 5.74) is 1.43. The highest BCUT2D eigenvalue weighted by Gasteiger charge is 2.27. The Morgan fingerprint density at radius 1 is 1.10 bits per heavy atom. The molecule has 0 fully saturated rings. The number of hydrogen-bond donors (Lipinski definition) is 1. The van der Waals surface area contributed by atoms with E-state index < -0.39 is 9.84 Å². The van der Waals surface area contributed by atoms with E-state index in [4.69, 9.17) is 0 Å². The molecule has 0 unspecified atom stereocenters. The molecule has 0 aliphatic heterocycles. The third kappa shape index (κ3) is 6.32. The van der Waals surface area contributed by atoms with E-state index in [2.05, 4.69) is 10.3 Å². The molecule has 0 saturated carbocycles. The Labute approximate surface area is 180 Å². The number of benzene rings is 1. The summed E-state index contributed by atoms with van der Waals surface area (Å²) in [6, 6.07) is 8.89. The maximum absolute atomic E-state index is 13.1. The number of imidazole rings is 1. The van der Waals surface area contributed by atoms with Crippen LogP contribution < -0.4 is 5.32 Å². The molecule has 0 spiro atoms. The fourth-order valence-corrected chi connectivity index (χ4v) is 4.68. The summed E-state index contributed by atoms with van der Waals surface area (Å²) >= 11 is 0. The molecule has 2 rings (SSSR count). The Morgan fingerprint density at radius 2 is 1.73 bits per heavy atom. The van der Waals surface area contributed by atoms with Gasteiger partial charge in [-0.2, -0.15) is 0 Å². The average molecular weight is 435 g/mol. The van der Waals surface area contributed by atoms with Gasteiger partial charge in [0.25, 0.3) is 0 Å². The monoisotopic (exact) mass is 434 g/mol. The molecule has 0 aliphatic carbocycles. The van der Waals surface area contributed by atoms with Crippen LogP contribution in [-0.4, -0.2) is 41.0 Å². The van der Waals surface area contributed by atoms with Crippen molar-refractivity contribution in [3.05, 3.63) is 47.8 Å². The summed E-state index contributed by atoms with van der Waals surface area (Å²) in [4.78, 5) is 18.6. The highest BCUT2D eigenvalue weighted by molar-refractivity contribution is 7.90. The Morgan fingerprint density at radius 3 is 2.27 bits per heavy atom. The minimum Gasteiger partial charge on any atom is -0.336 e. The van der Waals surface area contributed by atoms with Gasteiger partial charge in [-0.1, -0.05) is 44.2 Å². The largest absolute Gasteiger partial charge is 0.336 e. The number of carbonyl (C=O) groups is 1. The number of nitrogens with one attached hydrogen (secondary N) is 1. The summed E-state index contributed by atoms with van der Waals surface area (Å²) in [7, 11) is -3.63. The standard InChI is InChI=1S/C22H34N4O3S/c1-16(2)13-26-20(14-25(18(5)6)21(27)24-17(3)4)12-23-22(26)30(28,29)15-19-10-8-7-9-11-19/h7-12,16-18H,13-15H2,1-6H3,(H,24,27). The van der Waals surface area contributed by atoms with Crippen LogP contribution in [0.15, 0.2) is 41.7 Å². The summed E-state index contributed by atoms with van der Waals surface area (Å²) in [5.74, 6) is 0.116. The molecule has 0 saturated heterocycles. The fourth-order valence-electron chi connectivity index (χ4n) is 3.18. The molecule has 2 amide bonds. The van der Waals surface area contributed by atoms with Crippen molar-refractivity contribution in [3.63, 3.8) is 0 Å². The predicted octanol–water partition coefficient (Wildman–Crippen LogP) is 3.84. The lowest BCUT2D eigenvalue weighted by Gasteiger charge is -2.28. The summed E-state index contributed by atoms with van der Waals surface area (Å²) in [6.45, 7) is 12.6. The van der Waals surface area contributed by atoms with E-state index in [-0.39, 0.29) is 41.5 Å². The molecule has 30 heavy (non-hydrogen) atoms. The number of carbonyl (C=O) groups excluding carboxylic acids is 1. The van der Waals surface area contributed by atoms with Gasteiger partial charge in [-0.15, -0.1) is 0 Å². The van der Waals surface area contributed by atoms with Crippen molar-refractivity contribution in [2.45, 2.75) is 77.6 Å². The number of amides is 2. The molecule has 1 aromatic heterocycles. The van der Waals surface area contributed by atoms with Crippen LogP contribution in [0.3, 0.4) is 0 Å². The molecule has 0 aliphatic rings. The first-order chi connectivity index (χ1) is 14.0. The van der Waals surface area contributed by atoms with Crippen LogP contribution in [0.2, 0.25) is 0 Å². The molecule has 0 atom stereocenters. The van der Waals surface area contributed by atoms with Crippen LogP contribution in [0.4, 0.5) is 4.79 Å². The quantitative estimate of drug-likeness (QED) is 0.650. The number of hydrogen-bond acceptors (Lipinski definition) is 4. The van der Waals surface area contributed by atoms with E-state index in [0.717, 1.165) is 5.56 Å². The summed E-state index contributed by atoms with van der Waals surface area (Å²) in [5, 5.41) is 2.97. The first-order valence-electron chi connectivity index (χ1n) is 10.4. The van der Waals surface area contributed by atoms with Crippen molar-refractivity contribution in [2.24, 2.45) is 5.92 Å². The second-order valence-corrected chi connectivity index (χ2v) is 10.5. The molecule has 1 aromatic carbocycles. The molecule has 1 N–H and O–H groups in total. The maximum atomic E-state index is 13.1. The van der Waals surface area contributed by atoms with Gasteiger partial charge >= 0.3 is 6.03 Å². The summed E-state index contributed by atoms with van der Waals surface area (Å²) in [6.07, 6.45) is 1.58. The zero-order chi connectivity index (χ0) is 22.5. The second-order valence-electron chi connectivity index (χ2n) is 8.61. The Balaban J connectivity index is 2.39. The molecule has 8 heteroatoms. The van der Waals surface area contributed by atoms with Crippen molar-refractivity contribution >= 4 is 15.9 Å². The van der Waals surface area contributed by atoms with Crippen molar-refractivity contribution in [1.29, 1.82) is 0 Å². The third-order valence-corrected chi connectivity index (χ3v) is 6.15. The van der Waals surface area contributed by atoms with E-state index in [1.54, 1.807) is 27.8 Å². The van der Waals surface area contributed by atoms with Gasteiger partial charge in [0.1, 0.15) is 0 Å². The van der Waals surface area contributed by atoms with Gasteiger partial charge in [0.05, 0.1) is 24.2 Å². The van der Waals surface area contributed by atoms with Gasteiger partial charge in [-0.3, -0.25) is 0 Å². The molecule has 166 valence electrons. The molecule has 7 nitrogen and oxygen atoms in total. The first-order valence-corrected chi connectivity index (χ1v) is 12.0. The maximum Gasteiger partial charge on any atom is 0.318 e. The zero-order valence-corrected chi connectivity index (χ0v) is 19.6. The van der Waals surface area contributed by atoms with Crippen molar-refractivity contribution in [2.75, 3.05) is 0 Å². The SMILES string of the molecule is CC(C)Cn1c(CN(C(=O)NC(C)C)C(C)C)cnc1S(=O)(=O)Cc1ccccc1. The Bertz CT molecular complexity index is 935. The van der Waals surface area contributed by atoms with E-state index in [1.807, 2.05) is 59.7 Å². The minimum absolute atomic E-state index is 0.0149. The van der Waals surface area contributed by atoms with E-state index in [1.165, 1.54) is 0 Å². The third-order valence-electron chi connectivity index (χ3n) is 4.56. The fraction of sp³-hybridized carbons (Fsp3) is 0.545. The van der Waals surface area contributed by atoms with E-state index in [0.29, 0.717) is 12.2 Å². The number of urea groups is 1. The minimum atomic E-state index is -3.63. The Kier molecular flexibility index (Phi) is 8.06. The topological polar surface area (TPSA) is 84.3 Å². The number of nitrogens with zero attached hydrogens (tertiary/aromatic N) is 3. The lowest BCUT2D eigenvalue weighted by molar-refractivity contribution is 0.175. The smallest absolute Gasteiger partial charge is 0.318 e.